The molecule has 1 aliphatic heterocycles. The van der Waals surface area contributed by atoms with Gasteiger partial charge in [0.1, 0.15) is 0 Å². The topological polar surface area (TPSA) is 67.6 Å². The van der Waals surface area contributed by atoms with E-state index in [9.17, 15) is 4.79 Å². The first-order valence-electron chi connectivity index (χ1n) is 7.26. The van der Waals surface area contributed by atoms with Crippen molar-refractivity contribution in [2.75, 3.05) is 18.5 Å². The molecule has 3 N–H and O–H groups in total. The number of benzene rings is 1. The highest BCUT2D eigenvalue weighted by Gasteiger charge is 2.38. The van der Waals surface area contributed by atoms with Gasteiger partial charge in [-0.1, -0.05) is 12.1 Å². The van der Waals surface area contributed by atoms with Crippen LogP contribution in [0.3, 0.4) is 0 Å². The third kappa shape index (κ3) is 2.64. The molecule has 2 atom stereocenters. The molecule has 5 heteroatoms. The van der Waals surface area contributed by atoms with Crippen molar-refractivity contribution in [3.05, 3.63) is 29.8 Å². The predicted molar refractivity (Wildman–Crippen MR) is 77.4 cm³/mol. The van der Waals surface area contributed by atoms with Crippen LogP contribution in [0.5, 0.6) is 0 Å². The van der Waals surface area contributed by atoms with Crippen LogP contribution >= 0.6 is 0 Å². The van der Waals surface area contributed by atoms with Gasteiger partial charge in [0.15, 0.2) is 0 Å². The number of anilines is 1. The maximum atomic E-state index is 12.4. The first kappa shape index (κ1) is 13.4. The van der Waals surface area contributed by atoms with E-state index in [-0.39, 0.29) is 18.2 Å². The third-order valence-electron chi connectivity index (χ3n) is 4.18. The van der Waals surface area contributed by atoms with Crippen LogP contribution in [0.2, 0.25) is 0 Å². The number of amides is 2. The highest BCUT2D eigenvalue weighted by molar-refractivity contribution is 5.89. The summed E-state index contributed by atoms with van der Waals surface area (Å²) in [6.45, 7) is 1.83. The molecule has 1 saturated heterocycles. The van der Waals surface area contributed by atoms with Gasteiger partial charge < -0.3 is 20.7 Å². The van der Waals surface area contributed by atoms with E-state index in [1.807, 2.05) is 29.2 Å². The van der Waals surface area contributed by atoms with Crippen LogP contribution in [0.4, 0.5) is 10.5 Å². The maximum absolute atomic E-state index is 12.4. The van der Waals surface area contributed by atoms with Gasteiger partial charge in [0.2, 0.25) is 0 Å². The lowest BCUT2D eigenvalue weighted by atomic mass is 10.1. The molecule has 0 aromatic heterocycles. The van der Waals surface area contributed by atoms with Crippen molar-refractivity contribution in [1.82, 2.24) is 4.90 Å². The van der Waals surface area contributed by atoms with E-state index in [0.29, 0.717) is 19.7 Å². The van der Waals surface area contributed by atoms with Gasteiger partial charge in [0, 0.05) is 18.8 Å². The summed E-state index contributed by atoms with van der Waals surface area (Å²) >= 11 is 0. The van der Waals surface area contributed by atoms with E-state index in [1.54, 1.807) is 0 Å². The second kappa shape index (κ2) is 5.81. The first-order chi connectivity index (χ1) is 9.78. The van der Waals surface area contributed by atoms with Gasteiger partial charge in [-0.3, -0.25) is 0 Å². The summed E-state index contributed by atoms with van der Waals surface area (Å²) in [4.78, 5) is 14.3. The minimum atomic E-state index is -0.0225. The summed E-state index contributed by atoms with van der Waals surface area (Å²) in [6.07, 6.45) is 3.49. The Labute approximate surface area is 119 Å². The molecular weight excluding hydrogens is 254 g/mol. The lowest BCUT2D eigenvalue weighted by Crippen LogP contribution is -2.52. The van der Waals surface area contributed by atoms with Crippen LogP contribution < -0.4 is 11.1 Å². The molecule has 1 aromatic rings. The van der Waals surface area contributed by atoms with Crippen LogP contribution in [0.1, 0.15) is 24.8 Å². The van der Waals surface area contributed by atoms with Crippen LogP contribution in [0.25, 0.3) is 0 Å². The number of fused-ring (bicyclic) bond motifs is 1. The molecule has 0 bridgehead atoms. The molecule has 1 aromatic carbocycles. The van der Waals surface area contributed by atoms with Gasteiger partial charge in [0.05, 0.1) is 18.8 Å². The van der Waals surface area contributed by atoms with Crippen molar-refractivity contribution in [2.45, 2.75) is 38.0 Å². The highest BCUT2D eigenvalue weighted by atomic mass is 16.5. The summed E-state index contributed by atoms with van der Waals surface area (Å²) < 4.78 is 5.73. The van der Waals surface area contributed by atoms with Crippen molar-refractivity contribution in [3.8, 4) is 0 Å². The normalized spacial score (nSPS) is 25.4. The Hall–Kier alpha value is -1.59. The molecule has 1 saturated carbocycles. The Kier molecular flexibility index (Phi) is 3.89. The van der Waals surface area contributed by atoms with Crippen LogP contribution in [-0.4, -0.2) is 36.2 Å². The lowest BCUT2D eigenvalue weighted by molar-refractivity contribution is -0.0362. The molecule has 2 aliphatic rings. The van der Waals surface area contributed by atoms with Crippen molar-refractivity contribution in [3.63, 3.8) is 0 Å². The Morgan fingerprint density at radius 3 is 2.90 bits per heavy atom. The van der Waals surface area contributed by atoms with Crippen molar-refractivity contribution in [1.29, 1.82) is 0 Å². The number of hydrogen-bond acceptors (Lipinski definition) is 3. The molecule has 2 fully saturated rings. The standard InChI is InChI=1S/C15H21N3O2/c16-10-11-4-6-12(7-5-11)17-15(19)18-8-9-20-14-3-1-2-13(14)18/h4-7,13-14H,1-3,8-10,16H2,(H,17,19). The molecule has 3 rings (SSSR count). The maximum Gasteiger partial charge on any atom is 0.322 e. The number of nitrogens with two attached hydrogens (primary N) is 1. The largest absolute Gasteiger partial charge is 0.374 e. The number of nitrogens with zero attached hydrogens (tertiary/aromatic N) is 1. The fourth-order valence-electron chi connectivity index (χ4n) is 3.10. The molecule has 1 heterocycles. The van der Waals surface area contributed by atoms with Crippen LogP contribution in [0.15, 0.2) is 24.3 Å². The Balaban J connectivity index is 1.65. The second-order valence-electron chi connectivity index (χ2n) is 5.43. The number of carbonyl (C=O) groups is 1. The Bertz CT molecular complexity index is 475. The van der Waals surface area contributed by atoms with Gasteiger partial charge in [-0.15, -0.1) is 0 Å². The van der Waals surface area contributed by atoms with E-state index in [4.69, 9.17) is 10.5 Å². The average Bonchev–Trinajstić information content (AvgIpc) is 2.96. The van der Waals surface area contributed by atoms with E-state index < -0.39 is 0 Å². The van der Waals surface area contributed by atoms with Gasteiger partial charge in [0.25, 0.3) is 0 Å². The molecule has 0 radical (unpaired) electrons. The SMILES string of the molecule is NCc1ccc(NC(=O)N2CCOC3CCCC32)cc1. The predicted octanol–water partition coefficient (Wildman–Crippen LogP) is 1.93. The zero-order valence-electron chi connectivity index (χ0n) is 11.5. The summed E-state index contributed by atoms with van der Waals surface area (Å²) in [6, 6.07) is 7.89. The molecule has 5 nitrogen and oxygen atoms in total. The van der Waals surface area contributed by atoms with Crippen molar-refractivity contribution < 1.29 is 9.53 Å². The van der Waals surface area contributed by atoms with Gasteiger partial charge in [-0.25, -0.2) is 4.79 Å². The second-order valence-corrected chi connectivity index (χ2v) is 5.43. The molecule has 20 heavy (non-hydrogen) atoms. The summed E-state index contributed by atoms with van der Waals surface area (Å²) in [5.41, 5.74) is 7.44. The van der Waals surface area contributed by atoms with Gasteiger partial charge in [-0.05, 0) is 37.0 Å². The fraction of sp³-hybridized carbons (Fsp3) is 0.533. The average molecular weight is 275 g/mol. The lowest BCUT2D eigenvalue weighted by Gasteiger charge is -2.37. The number of morpholine rings is 1. The number of ether oxygens (including phenoxy) is 1. The summed E-state index contributed by atoms with van der Waals surface area (Å²) in [5.74, 6) is 0. The van der Waals surface area contributed by atoms with E-state index in [1.165, 1.54) is 0 Å². The highest BCUT2D eigenvalue weighted by Crippen LogP contribution is 2.30. The molecule has 2 amide bonds. The van der Waals surface area contributed by atoms with Crippen molar-refractivity contribution >= 4 is 11.7 Å². The monoisotopic (exact) mass is 275 g/mol. The van der Waals surface area contributed by atoms with Gasteiger partial charge in [-0.2, -0.15) is 0 Å². The number of nitrogens with one attached hydrogen (secondary N) is 1. The number of rotatable bonds is 2. The quantitative estimate of drug-likeness (QED) is 0.866. The number of carbonyl (C=O) groups excluding carboxylic acids is 1. The Morgan fingerprint density at radius 2 is 2.15 bits per heavy atom. The third-order valence-corrected chi connectivity index (χ3v) is 4.18. The van der Waals surface area contributed by atoms with E-state index in [2.05, 4.69) is 5.32 Å². The zero-order chi connectivity index (χ0) is 13.9. The Morgan fingerprint density at radius 1 is 1.35 bits per heavy atom. The molecule has 108 valence electrons. The number of urea groups is 1. The molecule has 0 spiro atoms. The smallest absolute Gasteiger partial charge is 0.322 e. The van der Waals surface area contributed by atoms with E-state index in [0.717, 1.165) is 30.5 Å². The molecule has 2 unspecified atom stereocenters. The molecule has 1 aliphatic carbocycles. The molecular formula is C15H21N3O2. The summed E-state index contributed by atoms with van der Waals surface area (Å²) in [5, 5.41) is 2.97. The minimum absolute atomic E-state index is 0.0225. The fourth-order valence-corrected chi connectivity index (χ4v) is 3.10. The first-order valence-corrected chi connectivity index (χ1v) is 7.26. The minimum Gasteiger partial charge on any atom is -0.374 e. The van der Waals surface area contributed by atoms with Crippen LogP contribution in [0, 0.1) is 0 Å². The summed E-state index contributed by atoms with van der Waals surface area (Å²) in [7, 11) is 0. The van der Waals surface area contributed by atoms with Gasteiger partial charge >= 0.3 is 6.03 Å². The number of hydrogen-bond donors (Lipinski definition) is 2. The van der Waals surface area contributed by atoms with Crippen LogP contribution in [-0.2, 0) is 11.3 Å². The van der Waals surface area contributed by atoms with Crippen molar-refractivity contribution in [2.24, 2.45) is 5.73 Å². The zero-order valence-corrected chi connectivity index (χ0v) is 11.5. The van der Waals surface area contributed by atoms with E-state index >= 15 is 0 Å².